The Labute approximate surface area is 91.1 Å². The average Bonchev–Trinajstić information content (AvgIpc) is 2.63. The highest BCUT2D eigenvalue weighted by atomic mass is 16.3. The molecule has 0 bridgehead atoms. The van der Waals surface area contributed by atoms with Crippen LogP contribution in [0.4, 0.5) is 0 Å². The van der Waals surface area contributed by atoms with Crippen LogP contribution in [0.2, 0.25) is 0 Å². The topological polar surface area (TPSA) is 46.2 Å². The highest BCUT2D eigenvalue weighted by Crippen LogP contribution is 2.34. The number of aryl methyl sites for hydroxylation is 2. The zero-order valence-electron chi connectivity index (χ0n) is 9.29. The van der Waals surface area contributed by atoms with E-state index in [-0.39, 0.29) is 0 Å². The number of phenolic OH excluding ortho intramolecular Hbond substituents is 1. The Hall–Kier alpha value is -1.02. The highest BCUT2D eigenvalue weighted by molar-refractivity contribution is 5.45. The van der Waals surface area contributed by atoms with E-state index in [1.807, 2.05) is 6.07 Å². The van der Waals surface area contributed by atoms with Gasteiger partial charge in [0.05, 0.1) is 0 Å². The lowest BCUT2D eigenvalue weighted by Gasteiger charge is -2.14. The van der Waals surface area contributed by atoms with Crippen LogP contribution in [-0.2, 0) is 12.8 Å². The van der Waals surface area contributed by atoms with E-state index in [0.29, 0.717) is 18.2 Å². The molecule has 0 radical (unpaired) electrons. The second-order valence-electron chi connectivity index (χ2n) is 4.51. The first-order chi connectivity index (χ1) is 7.22. The Morgan fingerprint density at radius 1 is 1.33 bits per heavy atom. The fraction of sp³-hybridized carbons (Fsp3) is 0.538. The standard InChI is InChI=1S/C13H19NO/c1-9(5-6-14)12-7-10-3-2-4-11(10)8-13(12)15/h7-9,15H,2-6,14H2,1H3. The first kappa shape index (κ1) is 10.5. The molecule has 0 saturated heterocycles. The van der Waals surface area contributed by atoms with E-state index in [4.69, 9.17) is 5.73 Å². The van der Waals surface area contributed by atoms with Crippen molar-refractivity contribution in [1.29, 1.82) is 0 Å². The molecule has 0 amide bonds. The summed E-state index contributed by atoms with van der Waals surface area (Å²) in [5.41, 5.74) is 9.37. The molecular formula is C13H19NO. The molecule has 0 fully saturated rings. The van der Waals surface area contributed by atoms with E-state index >= 15 is 0 Å². The maximum Gasteiger partial charge on any atom is 0.119 e. The van der Waals surface area contributed by atoms with Crippen LogP contribution in [0.3, 0.4) is 0 Å². The summed E-state index contributed by atoms with van der Waals surface area (Å²) in [5, 5.41) is 9.93. The van der Waals surface area contributed by atoms with Gasteiger partial charge in [-0.2, -0.15) is 0 Å². The van der Waals surface area contributed by atoms with Gasteiger partial charge >= 0.3 is 0 Å². The second kappa shape index (κ2) is 4.23. The maximum atomic E-state index is 9.93. The number of aromatic hydroxyl groups is 1. The molecule has 1 atom stereocenters. The average molecular weight is 205 g/mol. The Kier molecular flexibility index (Phi) is 2.96. The van der Waals surface area contributed by atoms with Gasteiger partial charge in [0, 0.05) is 0 Å². The summed E-state index contributed by atoms with van der Waals surface area (Å²) in [5.74, 6) is 0.817. The fourth-order valence-corrected chi connectivity index (χ4v) is 2.43. The molecule has 0 aliphatic heterocycles. The lowest BCUT2D eigenvalue weighted by molar-refractivity contribution is 0.460. The molecule has 1 aromatic rings. The van der Waals surface area contributed by atoms with Crippen LogP contribution >= 0.6 is 0 Å². The molecule has 2 heteroatoms. The van der Waals surface area contributed by atoms with E-state index in [1.165, 1.54) is 17.5 Å². The molecule has 3 N–H and O–H groups in total. The van der Waals surface area contributed by atoms with Crippen molar-refractivity contribution in [2.75, 3.05) is 6.54 Å². The van der Waals surface area contributed by atoms with E-state index in [1.54, 1.807) is 0 Å². The molecule has 2 nitrogen and oxygen atoms in total. The largest absolute Gasteiger partial charge is 0.508 e. The number of rotatable bonds is 3. The van der Waals surface area contributed by atoms with Crippen LogP contribution < -0.4 is 5.73 Å². The van der Waals surface area contributed by atoms with Crippen LogP contribution in [-0.4, -0.2) is 11.7 Å². The molecule has 1 unspecified atom stereocenters. The molecule has 0 spiro atoms. The molecule has 82 valence electrons. The molecule has 1 aliphatic carbocycles. The molecule has 0 heterocycles. The van der Waals surface area contributed by atoms with Crippen LogP contribution in [0.15, 0.2) is 12.1 Å². The van der Waals surface area contributed by atoms with Crippen LogP contribution in [0.5, 0.6) is 5.75 Å². The number of phenols is 1. The fourth-order valence-electron chi connectivity index (χ4n) is 2.43. The lowest BCUT2D eigenvalue weighted by Crippen LogP contribution is -2.05. The quantitative estimate of drug-likeness (QED) is 0.795. The minimum atomic E-state index is 0.362. The summed E-state index contributed by atoms with van der Waals surface area (Å²) in [6, 6.07) is 4.13. The van der Waals surface area contributed by atoms with Crippen LogP contribution in [0, 0.1) is 0 Å². The van der Waals surface area contributed by atoms with Crippen molar-refractivity contribution in [3.05, 3.63) is 28.8 Å². The Balaban J connectivity index is 2.31. The lowest BCUT2D eigenvalue weighted by atomic mass is 9.93. The van der Waals surface area contributed by atoms with Crippen molar-refractivity contribution in [3.8, 4) is 5.75 Å². The molecule has 2 rings (SSSR count). The van der Waals surface area contributed by atoms with Gasteiger partial charge in [-0.1, -0.05) is 13.0 Å². The third-order valence-corrected chi connectivity index (χ3v) is 3.37. The zero-order chi connectivity index (χ0) is 10.8. The smallest absolute Gasteiger partial charge is 0.119 e. The van der Waals surface area contributed by atoms with Gasteiger partial charge in [0.1, 0.15) is 5.75 Å². The summed E-state index contributed by atoms with van der Waals surface area (Å²) in [7, 11) is 0. The normalized spacial score (nSPS) is 16.4. The molecule has 15 heavy (non-hydrogen) atoms. The predicted octanol–water partition coefficient (Wildman–Crippen LogP) is 2.33. The summed E-state index contributed by atoms with van der Waals surface area (Å²) < 4.78 is 0. The predicted molar refractivity (Wildman–Crippen MR) is 62.2 cm³/mol. The minimum absolute atomic E-state index is 0.362. The first-order valence-electron chi connectivity index (χ1n) is 5.77. The van der Waals surface area contributed by atoms with E-state index in [0.717, 1.165) is 24.8 Å². The number of hydrogen-bond acceptors (Lipinski definition) is 2. The van der Waals surface area contributed by atoms with Gasteiger partial charge in [-0.25, -0.2) is 0 Å². The van der Waals surface area contributed by atoms with Crippen molar-refractivity contribution in [2.24, 2.45) is 5.73 Å². The van der Waals surface area contributed by atoms with Crippen LogP contribution in [0.1, 0.15) is 42.4 Å². The van der Waals surface area contributed by atoms with Gasteiger partial charge in [0.15, 0.2) is 0 Å². The number of benzene rings is 1. The Morgan fingerprint density at radius 3 is 2.67 bits per heavy atom. The van der Waals surface area contributed by atoms with Crippen molar-refractivity contribution in [3.63, 3.8) is 0 Å². The molecule has 1 aliphatic rings. The van der Waals surface area contributed by atoms with Gasteiger partial charge in [-0.05, 0) is 60.9 Å². The van der Waals surface area contributed by atoms with Crippen molar-refractivity contribution in [1.82, 2.24) is 0 Å². The van der Waals surface area contributed by atoms with Gasteiger partial charge in [-0.3, -0.25) is 0 Å². The number of nitrogens with two attached hydrogens (primary N) is 1. The number of hydrogen-bond donors (Lipinski definition) is 2. The molecular weight excluding hydrogens is 186 g/mol. The molecule has 0 aromatic heterocycles. The third kappa shape index (κ3) is 2.00. The first-order valence-corrected chi connectivity index (χ1v) is 5.77. The molecule has 0 saturated carbocycles. The SMILES string of the molecule is CC(CCN)c1cc2c(cc1O)CCC2. The monoisotopic (exact) mass is 205 g/mol. The molecule has 1 aromatic carbocycles. The summed E-state index contributed by atoms with van der Waals surface area (Å²) >= 11 is 0. The van der Waals surface area contributed by atoms with Gasteiger partial charge in [0.2, 0.25) is 0 Å². The van der Waals surface area contributed by atoms with Gasteiger partial charge in [0.25, 0.3) is 0 Å². The van der Waals surface area contributed by atoms with Gasteiger partial charge < -0.3 is 10.8 Å². The Bertz CT molecular complexity index is 360. The summed E-state index contributed by atoms with van der Waals surface area (Å²) in [6.45, 7) is 2.81. The van der Waals surface area contributed by atoms with Crippen molar-refractivity contribution >= 4 is 0 Å². The summed E-state index contributed by atoms with van der Waals surface area (Å²) in [6.07, 6.45) is 4.45. The van der Waals surface area contributed by atoms with E-state index in [9.17, 15) is 5.11 Å². The Morgan fingerprint density at radius 2 is 2.00 bits per heavy atom. The van der Waals surface area contributed by atoms with Crippen LogP contribution in [0.25, 0.3) is 0 Å². The van der Waals surface area contributed by atoms with Crippen molar-refractivity contribution < 1.29 is 5.11 Å². The third-order valence-electron chi connectivity index (χ3n) is 3.37. The van der Waals surface area contributed by atoms with Crippen molar-refractivity contribution in [2.45, 2.75) is 38.5 Å². The minimum Gasteiger partial charge on any atom is -0.508 e. The summed E-state index contributed by atoms with van der Waals surface area (Å²) in [4.78, 5) is 0. The van der Waals surface area contributed by atoms with E-state index < -0.39 is 0 Å². The highest BCUT2D eigenvalue weighted by Gasteiger charge is 2.17. The zero-order valence-corrected chi connectivity index (χ0v) is 9.29. The second-order valence-corrected chi connectivity index (χ2v) is 4.51. The number of fused-ring (bicyclic) bond motifs is 1. The van der Waals surface area contributed by atoms with E-state index in [2.05, 4.69) is 13.0 Å². The van der Waals surface area contributed by atoms with Gasteiger partial charge in [-0.15, -0.1) is 0 Å². The maximum absolute atomic E-state index is 9.93.